The first-order chi connectivity index (χ1) is 8.90. The van der Waals surface area contributed by atoms with Crippen LogP contribution in [-0.2, 0) is 0 Å². The molecule has 0 bridgehead atoms. The summed E-state index contributed by atoms with van der Waals surface area (Å²) in [4.78, 5) is 12.3. The van der Waals surface area contributed by atoms with Crippen LogP contribution in [0.3, 0.4) is 0 Å². The summed E-state index contributed by atoms with van der Waals surface area (Å²) in [7, 11) is 0. The van der Waals surface area contributed by atoms with Crippen molar-refractivity contribution in [2.24, 2.45) is 0 Å². The Balaban J connectivity index is 2.56. The molecule has 0 saturated carbocycles. The lowest BCUT2D eigenvalue weighted by molar-refractivity contribution is 0.103. The number of hydrogen-bond donors (Lipinski definition) is 0. The summed E-state index contributed by atoms with van der Waals surface area (Å²) < 4.78 is 26.9. The largest absolute Gasteiger partial charge is 0.288 e. The van der Waals surface area contributed by atoms with Gasteiger partial charge in [0.1, 0.15) is 11.6 Å². The van der Waals surface area contributed by atoms with Gasteiger partial charge in [-0.2, -0.15) is 0 Å². The van der Waals surface area contributed by atoms with Crippen molar-refractivity contribution in [3.63, 3.8) is 0 Å². The molecule has 2 aromatic rings. The predicted octanol–water partition coefficient (Wildman–Crippen LogP) is 4.47. The highest BCUT2D eigenvalue weighted by molar-refractivity contribution is 6.35. The Labute approximate surface area is 114 Å². The molecule has 19 heavy (non-hydrogen) atoms. The van der Waals surface area contributed by atoms with Crippen LogP contribution in [0, 0.1) is 25.5 Å². The molecule has 0 amide bonds. The summed E-state index contributed by atoms with van der Waals surface area (Å²) in [6.45, 7) is 3.40. The van der Waals surface area contributed by atoms with Gasteiger partial charge in [-0.1, -0.05) is 17.7 Å². The van der Waals surface area contributed by atoms with E-state index in [1.807, 2.05) is 0 Å². The van der Waals surface area contributed by atoms with Gasteiger partial charge in [0.05, 0.1) is 10.6 Å². The molecule has 0 aliphatic carbocycles. The predicted molar refractivity (Wildman–Crippen MR) is 70.7 cm³/mol. The van der Waals surface area contributed by atoms with Crippen molar-refractivity contribution >= 4 is 17.4 Å². The van der Waals surface area contributed by atoms with Gasteiger partial charge >= 0.3 is 0 Å². The highest BCUT2D eigenvalue weighted by Gasteiger charge is 2.19. The maximum Gasteiger partial charge on any atom is 0.197 e. The van der Waals surface area contributed by atoms with Crippen LogP contribution in [0.1, 0.15) is 27.0 Å². The van der Waals surface area contributed by atoms with E-state index in [0.717, 1.165) is 17.7 Å². The number of ketones is 1. The lowest BCUT2D eigenvalue weighted by Crippen LogP contribution is -2.08. The van der Waals surface area contributed by atoms with Gasteiger partial charge in [-0.05, 0) is 49.2 Å². The fraction of sp³-hybridized carbons (Fsp3) is 0.133. The van der Waals surface area contributed by atoms with E-state index in [0.29, 0.717) is 5.56 Å². The third-order valence-electron chi connectivity index (χ3n) is 2.83. The van der Waals surface area contributed by atoms with Crippen molar-refractivity contribution in [2.75, 3.05) is 0 Å². The van der Waals surface area contributed by atoms with Crippen LogP contribution in [0.25, 0.3) is 0 Å². The van der Waals surface area contributed by atoms with Gasteiger partial charge in [-0.25, -0.2) is 8.78 Å². The Kier molecular flexibility index (Phi) is 3.67. The molecular formula is C15H11ClF2O. The van der Waals surface area contributed by atoms with E-state index in [1.165, 1.54) is 12.1 Å². The van der Waals surface area contributed by atoms with Crippen molar-refractivity contribution in [1.82, 2.24) is 0 Å². The molecule has 0 aromatic heterocycles. The van der Waals surface area contributed by atoms with Crippen molar-refractivity contribution in [1.29, 1.82) is 0 Å². The molecule has 2 aromatic carbocycles. The summed E-state index contributed by atoms with van der Waals surface area (Å²) in [5, 5.41) is -0.0237. The summed E-state index contributed by atoms with van der Waals surface area (Å²) in [5.74, 6) is -1.68. The molecule has 0 unspecified atom stereocenters. The van der Waals surface area contributed by atoms with Crippen LogP contribution < -0.4 is 0 Å². The zero-order chi connectivity index (χ0) is 14.2. The summed E-state index contributed by atoms with van der Waals surface area (Å²) in [5.41, 5.74) is 1.33. The Bertz CT molecular complexity index is 642. The highest BCUT2D eigenvalue weighted by Crippen LogP contribution is 2.24. The molecule has 0 aliphatic rings. The number of halogens is 3. The van der Waals surface area contributed by atoms with E-state index in [9.17, 15) is 13.6 Å². The van der Waals surface area contributed by atoms with Crippen LogP contribution in [-0.4, -0.2) is 5.78 Å². The summed E-state index contributed by atoms with van der Waals surface area (Å²) in [6, 6.07) is 6.43. The molecule has 2 rings (SSSR count). The highest BCUT2D eigenvalue weighted by atomic mass is 35.5. The van der Waals surface area contributed by atoms with Gasteiger partial charge in [0.15, 0.2) is 5.78 Å². The molecule has 4 heteroatoms. The molecule has 0 fully saturated rings. The molecule has 0 aliphatic heterocycles. The second kappa shape index (κ2) is 5.10. The van der Waals surface area contributed by atoms with Gasteiger partial charge < -0.3 is 0 Å². The van der Waals surface area contributed by atoms with Crippen LogP contribution in [0.4, 0.5) is 8.78 Å². The second-order valence-corrected chi connectivity index (χ2v) is 4.80. The maximum absolute atomic E-state index is 13.9. The van der Waals surface area contributed by atoms with Crippen LogP contribution in [0.5, 0.6) is 0 Å². The SMILES string of the molecule is Cc1cc(C)c(C(=O)c2ccc(F)cc2Cl)c(F)c1. The third-order valence-corrected chi connectivity index (χ3v) is 3.15. The molecule has 1 nitrogen and oxygen atoms in total. The minimum absolute atomic E-state index is 0.0237. The third kappa shape index (κ3) is 2.66. The fourth-order valence-corrected chi connectivity index (χ4v) is 2.26. The topological polar surface area (TPSA) is 17.1 Å². The first kappa shape index (κ1) is 13.7. The average molecular weight is 281 g/mol. The monoisotopic (exact) mass is 280 g/mol. The number of carbonyl (C=O) groups excluding carboxylic acids is 1. The van der Waals surface area contributed by atoms with E-state index in [1.54, 1.807) is 19.9 Å². The van der Waals surface area contributed by atoms with Crippen molar-refractivity contribution in [2.45, 2.75) is 13.8 Å². The second-order valence-electron chi connectivity index (χ2n) is 4.39. The van der Waals surface area contributed by atoms with E-state index in [4.69, 9.17) is 11.6 Å². The average Bonchev–Trinajstić information content (AvgIpc) is 2.26. The number of aryl methyl sites for hydroxylation is 2. The summed E-state index contributed by atoms with van der Waals surface area (Å²) >= 11 is 5.83. The lowest BCUT2D eigenvalue weighted by atomic mass is 9.97. The molecule has 0 radical (unpaired) electrons. The number of rotatable bonds is 2. The van der Waals surface area contributed by atoms with Crippen LogP contribution in [0.2, 0.25) is 5.02 Å². The Morgan fingerprint density at radius 2 is 1.79 bits per heavy atom. The smallest absolute Gasteiger partial charge is 0.197 e. The molecular weight excluding hydrogens is 270 g/mol. The summed E-state index contributed by atoms with van der Waals surface area (Å²) in [6.07, 6.45) is 0. The van der Waals surface area contributed by atoms with Crippen molar-refractivity contribution in [3.8, 4) is 0 Å². The molecule has 98 valence electrons. The fourth-order valence-electron chi connectivity index (χ4n) is 2.01. The van der Waals surface area contributed by atoms with Crippen molar-refractivity contribution in [3.05, 3.63) is 69.2 Å². The molecule has 0 atom stereocenters. The van der Waals surface area contributed by atoms with Gasteiger partial charge in [0.25, 0.3) is 0 Å². The van der Waals surface area contributed by atoms with E-state index >= 15 is 0 Å². The zero-order valence-electron chi connectivity index (χ0n) is 10.4. The lowest BCUT2D eigenvalue weighted by Gasteiger charge is -2.09. The molecule has 0 spiro atoms. The van der Waals surface area contributed by atoms with Gasteiger partial charge in [-0.3, -0.25) is 4.79 Å². The van der Waals surface area contributed by atoms with Crippen LogP contribution in [0.15, 0.2) is 30.3 Å². The van der Waals surface area contributed by atoms with E-state index in [-0.39, 0.29) is 16.1 Å². The van der Waals surface area contributed by atoms with Crippen molar-refractivity contribution < 1.29 is 13.6 Å². The zero-order valence-corrected chi connectivity index (χ0v) is 11.2. The first-order valence-corrected chi connectivity index (χ1v) is 6.04. The quantitative estimate of drug-likeness (QED) is 0.742. The normalized spacial score (nSPS) is 10.6. The number of carbonyl (C=O) groups is 1. The molecule has 0 N–H and O–H groups in total. The number of benzene rings is 2. The minimum Gasteiger partial charge on any atom is -0.288 e. The minimum atomic E-state index is -0.595. The standard InChI is InChI=1S/C15H11ClF2O/c1-8-5-9(2)14(13(18)6-8)15(19)11-4-3-10(17)7-12(11)16/h3-7H,1-2H3. The first-order valence-electron chi connectivity index (χ1n) is 5.66. The Morgan fingerprint density at radius 1 is 1.11 bits per heavy atom. The Hall–Kier alpha value is -1.74. The van der Waals surface area contributed by atoms with E-state index < -0.39 is 17.4 Å². The van der Waals surface area contributed by atoms with Gasteiger partial charge in [0, 0.05) is 5.56 Å². The van der Waals surface area contributed by atoms with Crippen LogP contribution >= 0.6 is 11.6 Å². The number of hydrogen-bond acceptors (Lipinski definition) is 1. The molecule has 0 saturated heterocycles. The van der Waals surface area contributed by atoms with Gasteiger partial charge in [-0.15, -0.1) is 0 Å². The molecule has 0 heterocycles. The van der Waals surface area contributed by atoms with E-state index in [2.05, 4.69) is 0 Å². The van der Waals surface area contributed by atoms with Gasteiger partial charge in [0.2, 0.25) is 0 Å². The maximum atomic E-state index is 13.9. The Morgan fingerprint density at radius 3 is 2.37 bits per heavy atom.